The van der Waals surface area contributed by atoms with Crippen molar-refractivity contribution in [2.45, 2.75) is 0 Å². The Morgan fingerprint density at radius 2 is 1.96 bits per heavy atom. The number of phenolic OH excluding ortho intramolecular Hbond substituents is 2. The number of hydrazone groups is 1. The van der Waals surface area contributed by atoms with Gasteiger partial charge in [-0.1, -0.05) is 0 Å². The van der Waals surface area contributed by atoms with Crippen LogP contribution in [-0.4, -0.2) is 34.4 Å². The van der Waals surface area contributed by atoms with Crippen molar-refractivity contribution in [2.75, 3.05) is 7.11 Å². The van der Waals surface area contributed by atoms with Crippen molar-refractivity contribution in [3.8, 4) is 17.2 Å². The van der Waals surface area contributed by atoms with Crippen molar-refractivity contribution in [3.05, 3.63) is 57.6 Å². The van der Waals surface area contributed by atoms with Crippen LogP contribution in [0, 0.1) is 10.1 Å². The standard InChI is InChI=1S/C15H13N3O6/c1-24-13-7-9(6-12(14(13)20)18(22)23)8-16-17-15(21)10-2-4-11(19)5-3-10/h2-8,19-20H,1H3,(H,17,21)/b16-8+. The molecule has 0 aliphatic heterocycles. The van der Waals surface area contributed by atoms with Gasteiger partial charge in [0.2, 0.25) is 5.75 Å². The summed E-state index contributed by atoms with van der Waals surface area (Å²) in [6.45, 7) is 0. The van der Waals surface area contributed by atoms with Crippen LogP contribution in [0.15, 0.2) is 41.5 Å². The summed E-state index contributed by atoms with van der Waals surface area (Å²) in [7, 11) is 1.26. The lowest BCUT2D eigenvalue weighted by molar-refractivity contribution is -0.386. The highest BCUT2D eigenvalue weighted by atomic mass is 16.6. The van der Waals surface area contributed by atoms with Crippen molar-refractivity contribution in [1.29, 1.82) is 0 Å². The minimum Gasteiger partial charge on any atom is -0.508 e. The van der Waals surface area contributed by atoms with Gasteiger partial charge in [-0.15, -0.1) is 0 Å². The monoisotopic (exact) mass is 331 g/mol. The largest absolute Gasteiger partial charge is 0.508 e. The number of methoxy groups -OCH3 is 1. The van der Waals surface area contributed by atoms with E-state index in [0.29, 0.717) is 0 Å². The number of nitrogens with one attached hydrogen (secondary N) is 1. The SMILES string of the molecule is COc1cc(/C=N/NC(=O)c2ccc(O)cc2)cc([N+](=O)[O-])c1O. The van der Waals surface area contributed by atoms with E-state index >= 15 is 0 Å². The minimum atomic E-state index is -0.760. The molecule has 2 aromatic carbocycles. The molecule has 0 aliphatic carbocycles. The number of aromatic hydroxyl groups is 2. The summed E-state index contributed by atoms with van der Waals surface area (Å²) in [5.41, 5.74) is 2.23. The molecule has 0 unspecified atom stereocenters. The first-order valence-corrected chi connectivity index (χ1v) is 6.60. The maximum atomic E-state index is 11.8. The summed E-state index contributed by atoms with van der Waals surface area (Å²) in [5, 5.41) is 33.4. The first kappa shape index (κ1) is 16.7. The summed E-state index contributed by atoms with van der Waals surface area (Å²) in [6, 6.07) is 7.95. The van der Waals surface area contributed by atoms with Crippen molar-refractivity contribution >= 4 is 17.8 Å². The molecule has 124 valence electrons. The lowest BCUT2D eigenvalue weighted by atomic mass is 10.2. The molecule has 0 radical (unpaired) electrons. The predicted molar refractivity (Wildman–Crippen MR) is 84.5 cm³/mol. The highest BCUT2D eigenvalue weighted by molar-refractivity contribution is 5.95. The molecule has 0 heterocycles. The zero-order chi connectivity index (χ0) is 17.7. The van der Waals surface area contributed by atoms with E-state index in [-0.39, 0.29) is 22.6 Å². The topological polar surface area (TPSA) is 134 Å². The van der Waals surface area contributed by atoms with Crippen LogP contribution in [0.1, 0.15) is 15.9 Å². The fraction of sp³-hybridized carbons (Fsp3) is 0.0667. The highest BCUT2D eigenvalue weighted by Gasteiger charge is 2.19. The van der Waals surface area contributed by atoms with Crippen molar-refractivity contribution in [3.63, 3.8) is 0 Å². The highest BCUT2D eigenvalue weighted by Crippen LogP contribution is 2.36. The van der Waals surface area contributed by atoms with E-state index in [0.717, 1.165) is 6.07 Å². The molecule has 9 heteroatoms. The fourth-order valence-electron chi connectivity index (χ4n) is 1.83. The second-order valence-corrected chi connectivity index (χ2v) is 4.59. The summed E-state index contributed by atoms with van der Waals surface area (Å²) in [5.74, 6) is -1.17. The number of nitro benzene ring substituents is 1. The average molecular weight is 331 g/mol. The van der Waals surface area contributed by atoms with Crippen LogP contribution >= 0.6 is 0 Å². The van der Waals surface area contributed by atoms with Crippen LogP contribution in [0.25, 0.3) is 0 Å². The molecule has 3 N–H and O–H groups in total. The van der Waals surface area contributed by atoms with Gasteiger partial charge in [-0.05, 0) is 30.3 Å². The molecule has 0 saturated heterocycles. The van der Waals surface area contributed by atoms with Crippen LogP contribution in [0.5, 0.6) is 17.2 Å². The lowest BCUT2D eigenvalue weighted by Crippen LogP contribution is -2.17. The molecular weight excluding hydrogens is 318 g/mol. The number of ether oxygens (including phenoxy) is 1. The number of phenols is 2. The smallest absolute Gasteiger partial charge is 0.315 e. The van der Waals surface area contributed by atoms with Crippen LogP contribution in [0.3, 0.4) is 0 Å². The maximum absolute atomic E-state index is 11.8. The predicted octanol–water partition coefficient (Wildman–Crippen LogP) is 1.78. The number of amides is 1. The van der Waals surface area contributed by atoms with E-state index in [1.165, 1.54) is 43.7 Å². The maximum Gasteiger partial charge on any atom is 0.315 e. The summed E-state index contributed by atoms with van der Waals surface area (Å²) < 4.78 is 4.86. The molecule has 0 aromatic heterocycles. The number of carbonyl (C=O) groups is 1. The van der Waals surface area contributed by atoms with Gasteiger partial charge in [0.1, 0.15) is 5.75 Å². The quantitative estimate of drug-likeness (QED) is 0.434. The van der Waals surface area contributed by atoms with Gasteiger partial charge in [0.05, 0.1) is 18.2 Å². The van der Waals surface area contributed by atoms with Gasteiger partial charge in [-0.3, -0.25) is 14.9 Å². The number of nitrogens with zero attached hydrogens (tertiary/aromatic N) is 2. The molecule has 0 saturated carbocycles. The lowest BCUT2D eigenvalue weighted by Gasteiger charge is -2.05. The number of rotatable bonds is 5. The van der Waals surface area contributed by atoms with Crippen molar-refractivity contribution in [1.82, 2.24) is 5.43 Å². The molecule has 2 rings (SSSR count). The number of benzene rings is 2. The van der Waals surface area contributed by atoms with Crippen molar-refractivity contribution in [2.24, 2.45) is 5.10 Å². The zero-order valence-corrected chi connectivity index (χ0v) is 12.5. The molecule has 9 nitrogen and oxygen atoms in total. The zero-order valence-electron chi connectivity index (χ0n) is 12.5. The third-order valence-corrected chi connectivity index (χ3v) is 3.00. The Bertz CT molecular complexity index is 802. The Hall–Kier alpha value is -3.62. The molecule has 0 spiro atoms. The summed E-state index contributed by atoms with van der Waals surface area (Å²) in [6.07, 6.45) is 1.17. The van der Waals surface area contributed by atoms with Gasteiger partial charge in [-0.2, -0.15) is 5.10 Å². The molecule has 0 atom stereocenters. The Balaban J connectivity index is 2.16. The number of carbonyl (C=O) groups excluding carboxylic acids is 1. The van der Waals surface area contributed by atoms with E-state index in [1.807, 2.05) is 0 Å². The van der Waals surface area contributed by atoms with Crippen LogP contribution in [0.4, 0.5) is 5.69 Å². The molecule has 2 aromatic rings. The molecule has 1 amide bonds. The van der Waals surface area contributed by atoms with E-state index in [4.69, 9.17) is 9.84 Å². The Morgan fingerprint density at radius 1 is 1.29 bits per heavy atom. The molecule has 0 bridgehead atoms. The molecular formula is C15H13N3O6. The molecule has 0 fully saturated rings. The van der Waals surface area contributed by atoms with E-state index in [1.54, 1.807) is 0 Å². The van der Waals surface area contributed by atoms with Gasteiger partial charge in [-0.25, -0.2) is 5.43 Å². The van der Waals surface area contributed by atoms with Gasteiger partial charge in [0.15, 0.2) is 5.75 Å². The minimum absolute atomic E-state index is 0.0264. The van der Waals surface area contributed by atoms with Crippen LogP contribution < -0.4 is 10.2 Å². The first-order chi connectivity index (χ1) is 11.4. The van der Waals surface area contributed by atoms with Gasteiger partial charge >= 0.3 is 5.69 Å². The molecule has 0 aliphatic rings. The van der Waals surface area contributed by atoms with E-state index in [9.17, 15) is 20.0 Å². The average Bonchev–Trinajstić information content (AvgIpc) is 2.56. The van der Waals surface area contributed by atoms with Gasteiger partial charge in [0.25, 0.3) is 5.91 Å². The van der Waals surface area contributed by atoms with E-state index in [2.05, 4.69) is 10.5 Å². The van der Waals surface area contributed by atoms with Gasteiger partial charge < -0.3 is 14.9 Å². The number of nitro groups is 1. The molecule has 24 heavy (non-hydrogen) atoms. The fourth-order valence-corrected chi connectivity index (χ4v) is 1.83. The van der Waals surface area contributed by atoms with Crippen LogP contribution in [0.2, 0.25) is 0 Å². The summed E-state index contributed by atoms with van der Waals surface area (Å²) >= 11 is 0. The normalized spacial score (nSPS) is 10.5. The third-order valence-electron chi connectivity index (χ3n) is 3.00. The summed E-state index contributed by atoms with van der Waals surface area (Å²) in [4.78, 5) is 22.0. The second kappa shape index (κ2) is 7.09. The Labute approximate surface area is 136 Å². The van der Waals surface area contributed by atoms with Crippen LogP contribution in [-0.2, 0) is 0 Å². The van der Waals surface area contributed by atoms with Crippen molar-refractivity contribution < 1.29 is 24.7 Å². The number of hydrogen-bond acceptors (Lipinski definition) is 7. The Kier molecular flexibility index (Phi) is 4.95. The third kappa shape index (κ3) is 3.77. The number of hydrogen-bond donors (Lipinski definition) is 3. The second-order valence-electron chi connectivity index (χ2n) is 4.59. The first-order valence-electron chi connectivity index (χ1n) is 6.60. The van der Waals surface area contributed by atoms with E-state index < -0.39 is 22.3 Å². The van der Waals surface area contributed by atoms with Gasteiger partial charge in [0, 0.05) is 17.2 Å². The Morgan fingerprint density at radius 3 is 2.54 bits per heavy atom.